The predicted molar refractivity (Wildman–Crippen MR) is 37.6 cm³/mol. The first-order valence-corrected chi connectivity index (χ1v) is 3.62. The van der Waals surface area contributed by atoms with Crippen molar-refractivity contribution in [2.24, 2.45) is 5.41 Å². The Balaban J connectivity index is 0.000001000. The van der Waals surface area contributed by atoms with Crippen molar-refractivity contribution in [3.8, 4) is 0 Å². The van der Waals surface area contributed by atoms with Crippen LogP contribution in [0.25, 0.3) is 0 Å². The Morgan fingerprint density at radius 1 is 1.09 bits per heavy atom. The van der Waals surface area contributed by atoms with Crippen molar-refractivity contribution in [2.45, 2.75) is 33.1 Å². The summed E-state index contributed by atoms with van der Waals surface area (Å²) in [4.78, 5) is 22.2. The Labute approximate surface area is 77.2 Å². The van der Waals surface area contributed by atoms with Crippen LogP contribution in [0, 0.1) is 5.41 Å². The third-order valence-electron chi connectivity index (χ3n) is 2.20. The van der Waals surface area contributed by atoms with Gasteiger partial charge in [-0.2, -0.15) is 0 Å². The summed E-state index contributed by atoms with van der Waals surface area (Å²) in [5.74, 6) is 0.201. The molecule has 1 aliphatic carbocycles. The number of hydrogen-bond acceptors (Lipinski definition) is 2. The minimum Gasteiger partial charge on any atom is -0.299 e. The van der Waals surface area contributed by atoms with Gasteiger partial charge in [0.2, 0.25) is 0 Å². The van der Waals surface area contributed by atoms with E-state index >= 15 is 0 Å². The van der Waals surface area contributed by atoms with E-state index in [2.05, 4.69) is 0 Å². The molecule has 0 aliphatic heterocycles. The molecule has 2 nitrogen and oxygen atoms in total. The van der Waals surface area contributed by atoms with Gasteiger partial charge < -0.3 is 0 Å². The van der Waals surface area contributed by atoms with Gasteiger partial charge in [0.05, 0.1) is 5.41 Å². The third kappa shape index (κ3) is 1.91. The predicted octanol–water partition coefficient (Wildman–Crippen LogP) is 1.33. The molecule has 1 aliphatic rings. The first-order valence-electron chi connectivity index (χ1n) is 3.62. The number of hydrogen-bond donors (Lipinski definition) is 0. The van der Waals surface area contributed by atoms with Gasteiger partial charge in [-0.3, -0.25) is 9.59 Å². The van der Waals surface area contributed by atoms with E-state index in [0.29, 0.717) is 12.8 Å². The maximum atomic E-state index is 11.1. The van der Waals surface area contributed by atoms with Crippen LogP contribution >= 0.6 is 0 Å². The first-order chi connectivity index (χ1) is 4.55. The zero-order valence-corrected chi connectivity index (χ0v) is 7.68. The van der Waals surface area contributed by atoms with Crippen molar-refractivity contribution in [3.05, 3.63) is 0 Å². The Kier molecular flexibility index (Phi) is 3.46. The van der Waals surface area contributed by atoms with Crippen LogP contribution in [-0.4, -0.2) is 11.6 Å². The van der Waals surface area contributed by atoms with Crippen molar-refractivity contribution in [1.82, 2.24) is 0 Å². The second kappa shape index (κ2) is 3.50. The second-order valence-electron chi connectivity index (χ2n) is 3.32. The fourth-order valence-corrected chi connectivity index (χ4v) is 1.19. The molecule has 67 valence electrons. The number of rotatable bonds is 0. The maximum Gasteiger partial charge on any atom is 0.145 e. The molecule has 1 saturated carbocycles. The van der Waals surface area contributed by atoms with Gasteiger partial charge in [-0.1, -0.05) is 0 Å². The van der Waals surface area contributed by atoms with Crippen LogP contribution in [0.15, 0.2) is 0 Å². The summed E-state index contributed by atoms with van der Waals surface area (Å²) in [6, 6.07) is 0. The molecule has 0 spiro atoms. The van der Waals surface area contributed by atoms with Crippen LogP contribution in [-0.2, 0) is 26.7 Å². The average Bonchev–Trinajstić information content (AvgIpc) is 1.84. The standard InChI is InChI=1S/C8H12O2.Cu/c1-8(2)6(9)4-3-5-7(8)10;/h3-5H2,1-2H3;. The topological polar surface area (TPSA) is 34.1 Å². The summed E-state index contributed by atoms with van der Waals surface area (Å²) < 4.78 is 0. The Morgan fingerprint density at radius 3 is 1.73 bits per heavy atom. The largest absolute Gasteiger partial charge is 0.299 e. The molecule has 0 heterocycles. The van der Waals surface area contributed by atoms with E-state index in [1.807, 2.05) is 0 Å². The molecule has 0 saturated heterocycles. The molecule has 1 rings (SSSR count). The van der Waals surface area contributed by atoms with Crippen molar-refractivity contribution in [3.63, 3.8) is 0 Å². The van der Waals surface area contributed by atoms with Crippen molar-refractivity contribution in [1.29, 1.82) is 0 Å². The van der Waals surface area contributed by atoms with Crippen molar-refractivity contribution >= 4 is 11.6 Å². The van der Waals surface area contributed by atoms with Gasteiger partial charge >= 0.3 is 0 Å². The van der Waals surface area contributed by atoms with Gasteiger partial charge in [0, 0.05) is 29.9 Å². The fraction of sp³-hybridized carbons (Fsp3) is 0.750. The zero-order chi connectivity index (χ0) is 7.78. The number of ketones is 2. The van der Waals surface area contributed by atoms with E-state index in [4.69, 9.17) is 0 Å². The van der Waals surface area contributed by atoms with Crippen LogP contribution in [0.2, 0.25) is 0 Å². The Morgan fingerprint density at radius 2 is 1.45 bits per heavy atom. The minimum atomic E-state index is -0.682. The monoisotopic (exact) mass is 203 g/mol. The van der Waals surface area contributed by atoms with Gasteiger partial charge in [0.25, 0.3) is 0 Å². The Bertz CT molecular complexity index is 167. The molecule has 0 aromatic heterocycles. The summed E-state index contributed by atoms with van der Waals surface area (Å²) in [6.45, 7) is 3.44. The molecule has 0 N–H and O–H groups in total. The smallest absolute Gasteiger partial charge is 0.145 e. The molecule has 0 bridgehead atoms. The molecule has 3 heteroatoms. The summed E-state index contributed by atoms with van der Waals surface area (Å²) in [5, 5.41) is 0. The first kappa shape index (κ1) is 10.9. The van der Waals surface area contributed by atoms with Gasteiger partial charge in [-0.05, 0) is 20.3 Å². The minimum absolute atomic E-state index is 0. The summed E-state index contributed by atoms with van der Waals surface area (Å²) in [6.07, 6.45) is 1.92. The van der Waals surface area contributed by atoms with E-state index in [1.54, 1.807) is 13.8 Å². The van der Waals surface area contributed by atoms with Crippen molar-refractivity contribution < 1.29 is 26.7 Å². The van der Waals surface area contributed by atoms with E-state index < -0.39 is 5.41 Å². The van der Waals surface area contributed by atoms with Crippen LogP contribution in [0.4, 0.5) is 0 Å². The van der Waals surface area contributed by atoms with Crippen molar-refractivity contribution in [2.75, 3.05) is 0 Å². The molecule has 0 aromatic carbocycles. The molecule has 0 atom stereocenters. The number of carbonyl (C=O) groups excluding carboxylic acids is 2. The third-order valence-corrected chi connectivity index (χ3v) is 2.20. The van der Waals surface area contributed by atoms with Crippen LogP contribution in [0.1, 0.15) is 33.1 Å². The van der Waals surface area contributed by atoms with E-state index in [9.17, 15) is 9.59 Å². The SMILES string of the molecule is CC1(C)C(=O)CCCC1=O.[Cu]. The molecule has 11 heavy (non-hydrogen) atoms. The van der Waals surface area contributed by atoms with E-state index in [0.717, 1.165) is 6.42 Å². The van der Waals surface area contributed by atoms with Gasteiger partial charge in [0.1, 0.15) is 11.6 Å². The van der Waals surface area contributed by atoms with E-state index in [-0.39, 0.29) is 28.6 Å². The number of carbonyl (C=O) groups is 2. The summed E-state index contributed by atoms with van der Waals surface area (Å²) in [5.41, 5.74) is -0.682. The molecule has 0 unspecified atom stereocenters. The normalized spacial score (nSPS) is 22.7. The Hall–Kier alpha value is -0.141. The molecular formula is C8H12CuO2. The molecule has 0 aromatic rings. The second-order valence-corrected chi connectivity index (χ2v) is 3.32. The van der Waals surface area contributed by atoms with Gasteiger partial charge in [-0.15, -0.1) is 0 Å². The zero-order valence-electron chi connectivity index (χ0n) is 6.74. The fourth-order valence-electron chi connectivity index (χ4n) is 1.19. The van der Waals surface area contributed by atoms with Gasteiger partial charge in [0.15, 0.2) is 0 Å². The van der Waals surface area contributed by atoms with Crippen LogP contribution in [0.5, 0.6) is 0 Å². The molecule has 1 radical (unpaired) electrons. The van der Waals surface area contributed by atoms with Crippen LogP contribution in [0.3, 0.4) is 0 Å². The van der Waals surface area contributed by atoms with E-state index in [1.165, 1.54) is 0 Å². The molecule has 0 amide bonds. The molecule has 1 fully saturated rings. The maximum absolute atomic E-state index is 11.1. The van der Waals surface area contributed by atoms with Gasteiger partial charge in [-0.25, -0.2) is 0 Å². The quantitative estimate of drug-likeness (QED) is 0.440. The van der Waals surface area contributed by atoms with Crippen LogP contribution < -0.4 is 0 Å². The average molecular weight is 204 g/mol. The summed E-state index contributed by atoms with van der Waals surface area (Å²) >= 11 is 0. The summed E-state index contributed by atoms with van der Waals surface area (Å²) in [7, 11) is 0. The number of Topliss-reactive ketones (excluding diaryl/α,β-unsaturated/α-hetero) is 2. The molecular weight excluding hydrogens is 192 g/mol.